The van der Waals surface area contributed by atoms with Gasteiger partial charge in [0.1, 0.15) is 25.4 Å². The number of benzene rings is 2. The Labute approximate surface area is 260 Å². The largest absolute Gasteiger partial charge is 0.463 e. The van der Waals surface area contributed by atoms with Crippen molar-refractivity contribution in [3.05, 3.63) is 69.7 Å². The number of rotatable bonds is 21. The Hall–Kier alpha value is -2.12. The zero-order chi connectivity index (χ0) is 29.6. The standard InChI is InChI=1S/C34H44Cl2O6/c35-31-17-11-9-15-29(31)27(13-5-1-3-7-19-33(37)41-23-25-21-39-25)28(30-16-10-12-18-32(30)36)14-6-2-4-8-20-34(38)42-24-26-22-40-26/h9-12,15-18,25-28H,1-8,13-14,19-24H2. The van der Waals surface area contributed by atoms with Gasteiger partial charge in [-0.1, -0.05) is 98.1 Å². The first-order chi connectivity index (χ1) is 20.5. The maximum absolute atomic E-state index is 11.9. The third-order valence-corrected chi connectivity index (χ3v) is 8.74. The highest BCUT2D eigenvalue weighted by molar-refractivity contribution is 6.31. The third-order valence-electron chi connectivity index (χ3n) is 8.05. The molecule has 0 aliphatic carbocycles. The summed E-state index contributed by atoms with van der Waals surface area (Å²) in [5.41, 5.74) is 2.33. The van der Waals surface area contributed by atoms with Crippen LogP contribution in [0.1, 0.15) is 100 Å². The van der Waals surface area contributed by atoms with Crippen molar-refractivity contribution in [2.45, 2.75) is 101 Å². The molecule has 6 nitrogen and oxygen atoms in total. The molecule has 4 atom stereocenters. The van der Waals surface area contributed by atoms with Gasteiger partial charge >= 0.3 is 11.9 Å². The van der Waals surface area contributed by atoms with Crippen molar-refractivity contribution < 1.29 is 28.5 Å². The molecule has 4 unspecified atom stereocenters. The van der Waals surface area contributed by atoms with Crippen LogP contribution in [0.25, 0.3) is 0 Å². The summed E-state index contributed by atoms with van der Waals surface area (Å²) in [4.78, 5) is 23.9. The molecule has 0 amide bonds. The van der Waals surface area contributed by atoms with Gasteiger partial charge in [-0.2, -0.15) is 0 Å². The van der Waals surface area contributed by atoms with Crippen molar-refractivity contribution in [2.24, 2.45) is 0 Å². The Bertz CT molecular complexity index is 1030. The summed E-state index contributed by atoms with van der Waals surface area (Å²) >= 11 is 13.6. The SMILES string of the molecule is O=C(CCCCCCC(c1ccccc1Cl)C(CCCCCCC(=O)OCC1CO1)c1ccccc1Cl)OCC1CO1. The minimum Gasteiger partial charge on any atom is -0.463 e. The summed E-state index contributed by atoms with van der Waals surface area (Å²) in [7, 11) is 0. The molecular weight excluding hydrogens is 575 g/mol. The number of esters is 2. The van der Waals surface area contributed by atoms with E-state index in [4.69, 9.17) is 42.1 Å². The molecule has 0 radical (unpaired) electrons. The van der Waals surface area contributed by atoms with Gasteiger partial charge in [-0.25, -0.2) is 0 Å². The molecule has 2 aliphatic rings. The fraction of sp³-hybridized carbons (Fsp3) is 0.588. The normalized spacial score (nSPS) is 18.7. The Morgan fingerprint density at radius 1 is 0.643 bits per heavy atom. The van der Waals surface area contributed by atoms with Crippen LogP contribution in [-0.2, 0) is 28.5 Å². The Kier molecular flexibility index (Phi) is 13.9. The van der Waals surface area contributed by atoms with Crippen LogP contribution in [0.4, 0.5) is 0 Å². The highest BCUT2D eigenvalue weighted by Gasteiger charge is 2.28. The lowest BCUT2D eigenvalue weighted by Gasteiger charge is -2.30. The molecule has 4 rings (SSSR count). The van der Waals surface area contributed by atoms with Gasteiger partial charge in [0.2, 0.25) is 0 Å². The second-order valence-corrected chi connectivity index (χ2v) is 12.3. The van der Waals surface area contributed by atoms with Gasteiger partial charge in [-0.05, 0) is 60.8 Å². The van der Waals surface area contributed by atoms with Crippen LogP contribution >= 0.6 is 23.2 Å². The average molecular weight is 620 g/mol. The van der Waals surface area contributed by atoms with E-state index in [-0.39, 0.29) is 36.0 Å². The summed E-state index contributed by atoms with van der Waals surface area (Å²) < 4.78 is 20.7. The van der Waals surface area contributed by atoms with Crippen molar-refractivity contribution in [3.8, 4) is 0 Å². The number of ether oxygens (including phenoxy) is 4. The zero-order valence-corrected chi connectivity index (χ0v) is 26.0. The van der Waals surface area contributed by atoms with Gasteiger partial charge in [0.05, 0.1) is 13.2 Å². The maximum atomic E-state index is 11.9. The van der Waals surface area contributed by atoms with E-state index in [2.05, 4.69) is 24.3 Å². The number of epoxide rings is 2. The second kappa shape index (κ2) is 17.9. The molecule has 2 aromatic rings. The van der Waals surface area contributed by atoms with Crippen molar-refractivity contribution >= 4 is 35.1 Å². The quantitative estimate of drug-likeness (QED) is 0.0793. The van der Waals surface area contributed by atoms with E-state index in [1.165, 1.54) is 0 Å². The van der Waals surface area contributed by atoms with Crippen LogP contribution in [0.5, 0.6) is 0 Å². The zero-order valence-electron chi connectivity index (χ0n) is 24.4. The topological polar surface area (TPSA) is 77.7 Å². The first-order valence-corrected chi connectivity index (χ1v) is 16.3. The maximum Gasteiger partial charge on any atom is 0.305 e. The number of carbonyl (C=O) groups is 2. The molecule has 0 saturated carbocycles. The van der Waals surface area contributed by atoms with Crippen molar-refractivity contribution in [2.75, 3.05) is 26.4 Å². The van der Waals surface area contributed by atoms with E-state index in [0.29, 0.717) is 39.3 Å². The van der Waals surface area contributed by atoms with E-state index < -0.39 is 0 Å². The molecule has 0 N–H and O–H groups in total. The molecule has 2 fully saturated rings. The lowest BCUT2D eigenvalue weighted by Crippen LogP contribution is -2.14. The van der Waals surface area contributed by atoms with E-state index in [9.17, 15) is 9.59 Å². The molecule has 0 aromatic heterocycles. The van der Waals surface area contributed by atoms with Gasteiger partial charge in [-0.3, -0.25) is 9.59 Å². The third kappa shape index (κ3) is 11.9. The van der Waals surface area contributed by atoms with E-state index in [1.54, 1.807) is 0 Å². The molecule has 2 aliphatic heterocycles. The predicted molar refractivity (Wildman–Crippen MR) is 165 cm³/mol. The molecule has 0 bridgehead atoms. The van der Waals surface area contributed by atoms with Crippen LogP contribution in [-0.4, -0.2) is 50.6 Å². The smallest absolute Gasteiger partial charge is 0.305 e. The minimum absolute atomic E-state index is 0.109. The predicted octanol–water partition coefficient (Wildman–Crippen LogP) is 8.43. The molecule has 0 spiro atoms. The van der Waals surface area contributed by atoms with E-state index >= 15 is 0 Å². The van der Waals surface area contributed by atoms with Crippen LogP contribution < -0.4 is 0 Å². The van der Waals surface area contributed by atoms with E-state index in [1.807, 2.05) is 24.3 Å². The lowest BCUT2D eigenvalue weighted by molar-refractivity contribution is -0.145. The van der Waals surface area contributed by atoms with Gasteiger partial charge in [0.25, 0.3) is 0 Å². The van der Waals surface area contributed by atoms with Crippen molar-refractivity contribution in [3.63, 3.8) is 0 Å². The summed E-state index contributed by atoms with van der Waals surface area (Å²) in [5, 5.41) is 1.58. The van der Waals surface area contributed by atoms with Gasteiger partial charge in [0.15, 0.2) is 0 Å². The van der Waals surface area contributed by atoms with Crippen molar-refractivity contribution in [1.82, 2.24) is 0 Å². The molecular formula is C34H44Cl2O6. The summed E-state index contributed by atoms with van der Waals surface area (Å²) in [5.74, 6) is 0.175. The number of hydrogen-bond acceptors (Lipinski definition) is 6. The molecule has 2 aromatic carbocycles. The monoisotopic (exact) mass is 618 g/mol. The first kappa shape index (κ1) is 32.8. The number of hydrogen-bond donors (Lipinski definition) is 0. The summed E-state index contributed by atoms with van der Waals surface area (Å²) in [6.45, 7) is 2.15. The summed E-state index contributed by atoms with van der Waals surface area (Å²) in [6, 6.07) is 16.3. The highest BCUT2D eigenvalue weighted by Crippen LogP contribution is 2.44. The molecule has 42 heavy (non-hydrogen) atoms. The number of halogens is 2. The summed E-state index contributed by atoms with van der Waals surface area (Å²) in [6.07, 6.45) is 10.9. The molecule has 2 saturated heterocycles. The molecule has 8 heteroatoms. The molecule has 2 heterocycles. The number of unbranched alkanes of at least 4 members (excludes halogenated alkanes) is 6. The Morgan fingerprint density at radius 3 is 1.40 bits per heavy atom. The van der Waals surface area contributed by atoms with Crippen LogP contribution in [0, 0.1) is 0 Å². The van der Waals surface area contributed by atoms with Gasteiger partial charge in [0, 0.05) is 22.9 Å². The fourth-order valence-corrected chi connectivity index (χ4v) is 6.07. The molecule has 230 valence electrons. The second-order valence-electron chi connectivity index (χ2n) is 11.4. The Balaban J connectivity index is 1.30. The first-order valence-electron chi connectivity index (χ1n) is 15.5. The average Bonchev–Trinajstić information content (AvgIpc) is 3.92. The van der Waals surface area contributed by atoms with Crippen molar-refractivity contribution in [1.29, 1.82) is 0 Å². The highest BCUT2D eigenvalue weighted by atomic mass is 35.5. The lowest BCUT2D eigenvalue weighted by atomic mass is 9.75. The van der Waals surface area contributed by atoms with E-state index in [0.717, 1.165) is 85.4 Å². The fourth-order valence-electron chi connectivity index (χ4n) is 5.52. The Morgan fingerprint density at radius 2 is 1.02 bits per heavy atom. The number of carbonyl (C=O) groups excluding carboxylic acids is 2. The van der Waals surface area contributed by atoms with Crippen LogP contribution in [0.3, 0.4) is 0 Å². The van der Waals surface area contributed by atoms with Crippen LogP contribution in [0.15, 0.2) is 48.5 Å². The van der Waals surface area contributed by atoms with Gasteiger partial charge < -0.3 is 18.9 Å². The minimum atomic E-state index is -0.136. The van der Waals surface area contributed by atoms with Gasteiger partial charge in [-0.15, -0.1) is 0 Å². The van der Waals surface area contributed by atoms with Crippen LogP contribution in [0.2, 0.25) is 10.0 Å².